The normalized spacial score (nSPS) is 12.7. The topological polar surface area (TPSA) is 50.9 Å². The molecule has 0 saturated carbocycles. The van der Waals surface area contributed by atoms with Crippen LogP contribution in [0.4, 0.5) is 0 Å². The number of benzene rings is 1. The zero-order chi connectivity index (χ0) is 12.4. The summed E-state index contributed by atoms with van der Waals surface area (Å²) in [5.41, 5.74) is 0.731. The number of halogens is 1. The summed E-state index contributed by atoms with van der Waals surface area (Å²) in [6.45, 7) is 1.69. The maximum atomic E-state index is 9.48. The van der Waals surface area contributed by atoms with Crippen LogP contribution in [0.1, 0.15) is 18.6 Å². The molecular weight excluding hydrogens is 258 g/mol. The SMILES string of the molecule is CC(O)c1ccc(Sc2nncn2C)cc1Cl. The molecule has 1 aromatic carbocycles. The van der Waals surface area contributed by atoms with Crippen molar-refractivity contribution >= 4 is 23.4 Å². The summed E-state index contributed by atoms with van der Waals surface area (Å²) in [5, 5.41) is 18.6. The van der Waals surface area contributed by atoms with Gasteiger partial charge in [-0.25, -0.2) is 0 Å². The zero-order valence-electron chi connectivity index (χ0n) is 9.46. The molecule has 0 radical (unpaired) electrons. The lowest BCUT2D eigenvalue weighted by Gasteiger charge is -2.08. The lowest BCUT2D eigenvalue weighted by molar-refractivity contribution is 0.199. The molecule has 1 aromatic heterocycles. The van der Waals surface area contributed by atoms with Crippen molar-refractivity contribution in [2.45, 2.75) is 23.1 Å². The van der Waals surface area contributed by atoms with Gasteiger partial charge in [0.15, 0.2) is 5.16 Å². The molecule has 6 heteroatoms. The van der Waals surface area contributed by atoms with Crippen LogP contribution in [0, 0.1) is 0 Å². The van der Waals surface area contributed by atoms with Crippen molar-refractivity contribution in [1.29, 1.82) is 0 Å². The van der Waals surface area contributed by atoms with Gasteiger partial charge >= 0.3 is 0 Å². The van der Waals surface area contributed by atoms with Gasteiger partial charge < -0.3 is 9.67 Å². The molecule has 90 valence electrons. The average molecular weight is 270 g/mol. The van der Waals surface area contributed by atoms with Crippen molar-refractivity contribution < 1.29 is 5.11 Å². The van der Waals surface area contributed by atoms with Crippen molar-refractivity contribution in [1.82, 2.24) is 14.8 Å². The number of nitrogens with zero attached hydrogens (tertiary/aromatic N) is 3. The molecule has 2 rings (SSSR count). The van der Waals surface area contributed by atoms with E-state index in [1.165, 1.54) is 11.8 Å². The molecule has 4 nitrogen and oxygen atoms in total. The third-order valence-electron chi connectivity index (χ3n) is 2.30. The molecular formula is C11H12ClN3OS. The second-order valence-corrected chi connectivity index (χ2v) is 5.13. The van der Waals surface area contributed by atoms with Crippen molar-refractivity contribution in [3.63, 3.8) is 0 Å². The number of aromatic nitrogens is 3. The van der Waals surface area contributed by atoms with Crippen LogP contribution in [-0.2, 0) is 7.05 Å². The first-order valence-corrected chi connectivity index (χ1v) is 6.26. The molecule has 0 bridgehead atoms. The minimum atomic E-state index is -0.559. The summed E-state index contributed by atoms with van der Waals surface area (Å²) in [5.74, 6) is 0. The molecule has 1 unspecified atom stereocenters. The predicted molar refractivity (Wildman–Crippen MR) is 67.2 cm³/mol. The Balaban J connectivity index is 2.24. The van der Waals surface area contributed by atoms with Crippen molar-refractivity contribution in [2.75, 3.05) is 0 Å². The van der Waals surface area contributed by atoms with Crippen molar-refractivity contribution in [2.24, 2.45) is 7.05 Å². The monoisotopic (exact) mass is 269 g/mol. The highest BCUT2D eigenvalue weighted by molar-refractivity contribution is 7.99. The maximum Gasteiger partial charge on any atom is 0.195 e. The van der Waals surface area contributed by atoms with Crippen LogP contribution in [0.3, 0.4) is 0 Å². The van der Waals surface area contributed by atoms with Crippen molar-refractivity contribution in [3.05, 3.63) is 35.1 Å². The van der Waals surface area contributed by atoms with E-state index in [4.69, 9.17) is 11.6 Å². The Morgan fingerprint density at radius 2 is 2.24 bits per heavy atom. The molecule has 0 spiro atoms. The number of hydrogen-bond donors (Lipinski definition) is 1. The van der Waals surface area contributed by atoms with Crippen LogP contribution in [0.5, 0.6) is 0 Å². The second kappa shape index (κ2) is 5.08. The van der Waals surface area contributed by atoms with E-state index < -0.39 is 6.10 Å². The third-order valence-corrected chi connectivity index (χ3v) is 3.67. The van der Waals surface area contributed by atoms with Gasteiger partial charge in [0.25, 0.3) is 0 Å². The van der Waals surface area contributed by atoms with Gasteiger partial charge in [-0.2, -0.15) is 0 Å². The fourth-order valence-corrected chi connectivity index (χ4v) is 2.59. The van der Waals surface area contributed by atoms with Gasteiger partial charge in [-0.05, 0) is 36.4 Å². The molecule has 0 aliphatic rings. The smallest absolute Gasteiger partial charge is 0.195 e. The maximum absolute atomic E-state index is 9.48. The van der Waals surface area contributed by atoms with Crippen LogP contribution in [0.15, 0.2) is 34.6 Å². The Morgan fingerprint density at radius 3 is 2.76 bits per heavy atom. The van der Waals surface area contributed by atoms with E-state index >= 15 is 0 Å². The van der Waals surface area contributed by atoms with Gasteiger partial charge in [0.1, 0.15) is 6.33 Å². The number of aryl methyl sites for hydroxylation is 1. The van der Waals surface area contributed by atoms with Crippen LogP contribution in [0.2, 0.25) is 5.02 Å². The summed E-state index contributed by atoms with van der Waals surface area (Å²) in [4.78, 5) is 0.968. The summed E-state index contributed by atoms with van der Waals surface area (Å²) in [6, 6.07) is 5.56. The van der Waals surface area contributed by atoms with Crippen LogP contribution in [0.25, 0.3) is 0 Å². The Hall–Kier alpha value is -1.04. The molecule has 0 amide bonds. The Morgan fingerprint density at radius 1 is 1.47 bits per heavy atom. The van der Waals surface area contributed by atoms with Gasteiger partial charge in [0.05, 0.1) is 6.10 Å². The number of rotatable bonds is 3. The Labute approximate surface area is 109 Å². The van der Waals surface area contributed by atoms with Crippen LogP contribution in [-0.4, -0.2) is 19.9 Å². The summed E-state index contributed by atoms with van der Waals surface area (Å²) < 4.78 is 1.83. The van der Waals surface area contributed by atoms with E-state index in [0.717, 1.165) is 15.6 Å². The standard InChI is InChI=1S/C11H12ClN3OS/c1-7(16)9-4-3-8(5-10(9)12)17-11-14-13-6-15(11)2/h3-7,16H,1-2H3. The second-order valence-electron chi connectivity index (χ2n) is 3.69. The highest BCUT2D eigenvalue weighted by atomic mass is 35.5. The Bertz CT molecular complexity index is 527. The lowest BCUT2D eigenvalue weighted by atomic mass is 10.1. The molecule has 1 N–H and O–H groups in total. The lowest BCUT2D eigenvalue weighted by Crippen LogP contribution is -1.93. The summed E-state index contributed by atoms with van der Waals surface area (Å²) in [7, 11) is 1.88. The Kier molecular flexibility index (Phi) is 3.71. The quantitative estimate of drug-likeness (QED) is 0.931. The molecule has 0 aliphatic heterocycles. The van der Waals surface area contributed by atoms with Gasteiger partial charge in [0.2, 0.25) is 0 Å². The van der Waals surface area contributed by atoms with E-state index in [-0.39, 0.29) is 0 Å². The van der Waals surface area contributed by atoms with Crippen molar-refractivity contribution in [3.8, 4) is 0 Å². The van der Waals surface area contributed by atoms with E-state index in [0.29, 0.717) is 5.02 Å². The average Bonchev–Trinajstić information content (AvgIpc) is 2.64. The van der Waals surface area contributed by atoms with Gasteiger partial charge in [0, 0.05) is 17.0 Å². The molecule has 0 fully saturated rings. The number of aliphatic hydroxyl groups is 1. The largest absolute Gasteiger partial charge is 0.389 e. The van der Waals surface area contributed by atoms with E-state index in [1.807, 2.05) is 29.8 Å². The molecule has 1 heterocycles. The molecule has 0 aliphatic carbocycles. The molecule has 17 heavy (non-hydrogen) atoms. The predicted octanol–water partition coefficient (Wildman–Crippen LogP) is 2.67. The number of hydrogen-bond acceptors (Lipinski definition) is 4. The fourth-order valence-electron chi connectivity index (χ4n) is 1.38. The number of aliphatic hydroxyl groups excluding tert-OH is 1. The third kappa shape index (κ3) is 2.80. The van der Waals surface area contributed by atoms with Crippen LogP contribution < -0.4 is 0 Å². The minimum absolute atomic E-state index is 0.559. The summed E-state index contributed by atoms with van der Waals surface area (Å²) >= 11 is 7.57. The zero-order valence-corrected chi connectivity index (χ0v) is 11.0. The van der Waals surface area contributed by atoms with E-state index in [1.54, 1.807) is 13.3 Å². The first kappa shape index (κ1) is 12.4. The van der Waals surface area contributed by atoms with E-state index in [9.17, 15) is 5.11 Å². The summed E-state index contributed by atoms with van der Waals surface area (Å²) in [6.07, 6.45) is 1.09. The highest BCUT2D eigenvalue weighted by Gasteiger charge is 2.09. The molecule has 2 aromatic rings. The molecule has 0 saturated heterocycles. The highest BCUT2D eigenvalue weighted by Crippen LogP contribution is 2.31. The first-order valence-electron chi connectivity index (χ1n) is 5.07. The molecule has 1 atom stereocenters. The minimum Gasteiger partial charge on any atom is -0.389 e. The fraction of sp³-hybridized carbons (Fsp3) is 0.273. The van der Waals surface area contributed by atoms with E-state index in [2.05, 4.69) is 10.2 Å². The van der Waals surface area contributed by atoms with Gasteiger partial charge in [-0.1, -0.05) is 17.7 Å². The first-order chi connectivity index (χ1) is 8.08. The van der Waals surface area contributed by atoms with Crippen LogP contribution >= 0.6 is 23.4 Å². The van der Waals surface area contributed by atoms with Gasteiger partial charge in [-0.3, -0.25) is 0 Å². The van der Waals surface area contributed by atoms with Gasteiger partial charge in [-0.15, -0.1) is 10.2 Å².